The number of carbonyl (C=O) groups excluding carboxylic acids is 1. The van der Waals surface area contributed by atoms with Crippen molar-refractivity contribution in [2.75, 3.05) is 67.1 Å². The lowest BCUT2D eigenvalue weighted by Gasteiger charge is -2.37. The van der Waals surface area contributed by atoms with Gasteiger partial charge in [0.05, 0.1) is 18.6 Å². The molecule has 0 aromatic heterocycles. The average Bonchev–Trinajstić information content (AvgIpc) is 3.61. The van der Waals surface area contributed by atoms with Gasteiger partial charge in [-0.3, -0.25) is 9.69 Å². The standard InChI is InChI=1S/C27H44N4O5S/c1-20-16-25(35-5)17-21(2)27(20)37(33,34)28(3)14-15-36-19-26(32)29(4)24-10-13-31(18-24)23-8-11-30(12-9-23)22-6-7-22/h16-17,22-24H,6-15,18-19H2,1-5H3/t24-/m1/s1. The summed E-state index contributed by atoms with van der Waals surface area (Å²) in [6.07, 6.45) is 6.21. The maximum absolute atomic E-state index is 13.1. The molecule has 0 bridgehead atoms. The van der Waals surface area contributed by atoms with Gasteiger partial charge in [0.2, 0.25) is 15.9 Å². The Balaban J connectivity index is 1.19. The number of methoxy groups -OCH3 is 1. The molecule has 37 heavy (non-hydrogen) atoms. The van der Waals surface area contributed by atoms with Crippen LogP contribution in [0.3, 0.4) is 0 Å². The molecule has 208 valence electrons. The van der Waals surface area contributed by atoms with Gasteiger partial charge in [-0.1, -0.05) is 0 Å². The smallest absolute Gasteiger partial charge is 0.248 e. The molecular formula is C27H44N4O5S. The summed E-state index contributed by atoms with van der Waals surface area (Å²) in [6.45, 7) is 8.21. The minimum atomic E-state index is -3.68. The summed E-state index contributed by atoms with van der Waals surface area (Å²) < 4.78 is 38.4. The van der Waals surface area contributed by atoms with E-state index in [9.17, 15) is 13.2 Å². The second-order valence-corrected chi connectivity index (χ2v) is 12.9. The molecule has 1 amide bonds. The number of sulfonamides is 1. The Hall–Kier alpha value is -1.72. The molecule has 1 aliphatic carbocycles. The molecule has 1 saturated carbocycles. The van der Waals surface area contributed by atoms with Crippen molar-refractivity contribution in [1.82, 2.24) is 19.0 Å². The van der Waals surface area contributed by atoms with E-state index in [2.05, 4.69) is 9.80 Å². The van der Waals surface area contributed by atoms with Gasteiger partial charge in [-0.15, -0.1) is 0 Å². The van der Waals surface area contributed by atoms with E-state index < -0.39 is 10.0 Å². The van der Waals surface area contributed by atoms with Gasteiger partial charge in [-0.2, -0.15) is 4.31 Å². The van der Waals surface area contributed by atoms with Crippen LogP contribution in [0.1, 0.15) is 43.2 Å². The predicted molar refractivity (Wildman–Crippen MR) is 143 cm³/mol. The van der Waals surface area contributed by atoms with E-state index in [1.807, 2.05) is 11.9 Å². The van der Waals surface area contributed by atoms with Crippen molar-refractivity contribution in [3.05, 3.63) is 23.3 Å². The van der Waals surface area contributed by atoms with Crippen molar-refractivity contribution >= 4 is 15.9 Å². The zero-order valence-electron chi connectivity index (χ0n) is 23.1. The van der Waals surface area contributed by atoms with E-state index in [-0.39, 0.29) is 36.6 Å². The first-order valence-corrected chi connectivity index (χ1v) is 15.0. The number of amides is 1. The molecule has 0 spiro atoms. The highest BCUT2D eigenvalue weighted by molar-refractivity contribution is 7.89. The number of likely N-dealkylation sites (N-methyl/N-ethyl adjacent to an activating group) is 2. The van der Waals surface area contributed by atoms with Gasteiger partial charge in [0.15, 0.2) is 0 Å². The van der Waals surface area contributed by atoms with Gasteiger partial charge >= 0.3 is 0 Å². The normalized spacial score (nSPS) is 22.1. The fraction of sp³-hybridized carbons (Fsp3) is 0.741. The number of hydrogen-bond acceptors (Lipinski definition) is 7. The highest BCUT2D eigenvalue weighted by Gasteiger charge is 2.36. The minimum Gasteiger partial charge on any atom is -0.497 e. The topological polar surface area (TPSA) is 82.6 Å². The van der Waals surface area contributed by atoms with Gasteiger partial charge in [0, 0.05) is 51.9 Å². The Bertz CT molecular complexity index is 1030. The lowest BCUT2D eigenvalue weighted by Crippen LogP contribution is -2.46. The second kappa shape index (κ2) is 12.0. The van der Waals surface area contributed by atoms with Crippen LogP contribution in [-0.2, 0) is 19.6 Å². The number of likely N-dealkylation sites (tertiary alicyclic amines) is 2. The Morgan fingerprint density at radius 2 is 1.57 bits per heavy atom. The van der Waals surface area contributed by atoms with Crippen molar-refractivity contribution in [2.24, 2.45) is 0 Å². The van der Waals surface area contributed by atoms with E-state index in [0.717, 1.165) is 25.6 Å². The van der Waals surface area contributed by atoms with Gasteiger partial charge in [0.1, 0.15) is 12.4 Å². The summed E-state index contributed by atoms with van der Waals surface area (Å²) in [5.41, 5.74) is 1.28. The lowest BCUT2D eigenvalue weighted by atomic mass is 10.0. The highest BCUT2D eigenvalue weighted by Crippen LogP contribution is 2.31. The number of aryl methyl sites for hydroxylation is 2. The van der Waals surface area contributed by atoms with Crippen molar-refractivity contribution in [1.29, 1.82) is 0 Å². The molecule has 1 aromatic carbocycles. The molecule has 2 saturated heterocycles. The zero-order valence-corrected chi connectivity index (χ0v) is 23.9. The largest absolute Gasteiger partial charge is 0.497 e. The zero-order chi connectivity index (χ0) is 26.7. The van der Waals surface area contributed by atoms with Gasteiger partial charge in [0.25, 0.3) is 0 Å². The quantitative estimate of drug-likeness (QED) is 0.401. The molecule has 0 unspecified atom stereocenters. The molecule has 2 heterocycles. The number of piperidine rings is 1. The molecule has 1 atom stereocenters. The van der Waals surface area contributed by atoms with Crippen LogP contribution in [-0.4, -0.2) is 119 Å². The minimum absolute atomic E-state index is 0.0404. The van der Waals surface area contributed by atoms with E-state index in [4.69, 9.17) is 9.47 Å². The number of nitrogens with zero attached hydrogens (tertiary/aromatic N) is 4. The fourth-order valence-electron chi connectivity index (χ4n) is 5.84. The van der Waals surface area contributed by atoms with E-state index in [1.54, 1.807) is 33.1 Å². The van der Waals surface area contributed by atoms with Gasteiger partial charge < -0.3 is 19.3 Å². The predicted octanol–water partition coefficient (Wildman–Crippen LogP) is 2.11. The van der Waals surface area contributed by atoms with E-state index in [1.165, 1.54) is 50.1 Å². The maximum Gasteiger partial charge on any atom is 0.248 e. The van der Waals surface area contributed by atoms with Gasteiger partial charge in [-0.05, 0) is 82.3 Å². The number of benzene rings is 1. The summed E-state index contributed by atoms with van der Waals surface area (Å²) in [6, 6.07) is 5.14. The summed E-state index contributed by atoms with van der Waals surface area (Å²) in [5, 5.41) is 0. The van der Waals surface area contributed by atoms with Crippen LogP contribution in [0.5, 0.6) is 5.75 Å². The number of ether oxygens (including phenoxy) is 2. The Labute approximate surface area is 222 Å². The Kier molecular flexibility index (Phi) is 9.17. The Morgan fingerprint density at radius 1 is 0.973 bits per heavy atom. The lowest BCUT2D eigenvalue weighted by molar-refractivity contribution is -0.136. The van der Waals surface area contributed by atoms with Crippen LogP contribution in [0.15, 0.2) is 17.0 Å². The van der Waals surface area contributed by atoms with Crippen LogP contribution in [0.25, 0.3) is 0 Å². The highest BCUT2D eigenvalue weighted by atomic mass is 32.2. The molecule has 0 radical (unpaired) electrons. The van der Waals surface area contributed by atoms with E-state index in [0.29, 0.717) is 22.9 Å². The molecule has 2 aliphatic heterocycles. The molecule has 4 rings (SSSR count). The van der Waals surface area contributed by atoms with Crippen LogP contribution in [0.2, 0.25) is 0 Å². The second-order valence-electron chi connectivity index (χ2n) is 10.9. The average molecular weight is 537 g/mol. The molecule has 3 aliphatic rings. The van der Waals surface area contributed by atoms with Gasteiger partial charge in [-0.25, -0.2) is 8.42 Å². The summed E-state index contributed by atoms with van der Waals surface area (Å²) >= 11 is 0. The fourth-order valence-corrected chi connectivity index (χ4v) is 7.40. The summed E-state index contributed by atoms with van der Waals surface area (Å²) in [7, 11) is 1.28. The van der Waals surface area contributed by atoms with Crippen molar-refractivity contribution in [3.63, 3.8) is 0 Å². The van der Waals surface area contributed by atoms with Crippen molar-refractivity contribution in [3.8, 4) is 5.75 Å². The SMILES string of the molecule is COc1cc(C)c(S(=O)(=O)N(C)CCOCC(=O)N(C)[C@@H]2CCN(C3CCN(C4CC4)CC3)C2)c(C)c1. The van der Waals surface area contributed by atoms with Crippen LogP contribution < -0.4 is 4.74 Å². The first-order chi connectivity index (χ1) is 17.6. The number of rotatable bonds is 11. The molecular weight excluding hydrogens is 492 g/mol. The third-order valence-corrected chi connectivity index (χ3v) is 10.5. The molecule has 0 N–H and O–H groups in total. The van der Waals surface area contributed by atoms with Crippen molar-refractivity contribution in [2.45, 2.75) is 69.0 Å². The summed E-state index contributed by atoms with van der Waals surface area (Å²) in [5.74, 6) is 0.578. The summed E-state index contributed by atoms with van der Waals surface area (Å²) in [4.78, 5) is 20.1. The third-order valence-electron chi connectivity index (χ3n) is 8.33. The molecule has 1 aromatic rings. The first-order valence-electron chi connectivity index (χ1n) is 13.5. The number of hydrogen-bond donors (Lipinski definition) is 0. The van der Waals surface area contributed by atoms with E-state index >= 15 is 0 Å². The first kappa shape index (κ1) is 28.3. The monoisotopic (exact) mass is 536 g/mol. The van der Waals surface area contributed by atoms with Crippen molar-refractivity contribution < 1.29 is 22.7 Å². The molecule has 3 fully saturated rings. The number of carbonyl (C=O) groups is 1. The third kappa shape index (κ3) is 6.65. The maximum atomic E-state index is 13.1. The molecule has 10 heteroatoms. The van der Waals surface area contributed by atoms with Crippen LogP contribution in [0, 0.1) is 13.8 Å². The Morgan fingerprint density at radius 3 is 2.16 bits per heavy atom. The van der Waals surface area contributed by atoms with Crippen LogP contribution in [0.4, 0.5) is 0 Å². The molecule has 9 nitrogen and oxygen atoms in total. The van der Waals surface area contributed by atoms with Crippen LogP contribution >= 0.6 is 0 Å².